The standard InChI is InChI=1S/C14H17N3/c1-4-11-5-7-12(8-6-11)14-16-9-13(15-3)10(2)17-14/h5-9,15H,4H2,1-3H3. The predicted molar refractivity (Wildman–Crippen MR) is 71.1 cm³/mol. The zero-order valence-electron chi connectivity index (χ0n) is 10.5. The minimum absolute atomic E-state index is 0.782. The van der Waals surface area contributed by atoms with Gasteiger partial charge in [-0.05, 0) is 18.9 Å². The van der Waals surface area contributed by atoms with Crippen LogP contribution in [-0.2, 0) is 6.42 Å². The van der Waals surface area contributed by atoms with E-state index in [1.54, 1.807) is 0 Å². The second kappa shape index (κ2) is 4.95. The van der Waals surface area contributed by atoms with Crippen LogP contribution in [0.15, 0.2) is 30.5 Å². The smallest absolute Gasteiger partial charge is 0.159 e. The van der Waals surface area contributed by atoms with Gasteiger partial charge < -0.3 is 5.32 Å². The number of aromatic nitrogens is 2. The van der Waals surface area contributed by atoms with Crippen molar-refractivity contribution in [2.75, 3.05) is 12.4 Å². The molecule has 0 fully saturated rings. The summed E-state index contributed by atoms with van der Waals surface area (Å²) in [6.07, 6.45) is 2.88. The molecule has 0 saturated heterocycles. The first-order valence-electron chi connectivity index (χ1n) is 5.85. The van der Waals surface area contributed by atoms with Crippen molar-refractivity contribution in [2.24, 2.45) is 0 Å². The van der Waals surface area contributed by atoms with Crippen molar-refractivity contribution < 1.29 is 0 Å². The summed E-state index contributed by atoms with van der Waals surface area (Å²) in [6, 6.07) is 8.40. The zero-order chi connectivity index (χ0) is 12.3. The van der Waals surface area contributed by atoms with Gasteiger partial charge in [0.25, 0.3) is 0 Å². The van der Waals surface area contributed by atoms with Crippen LogP contribution in [0.1, 0.15) is 18.2 Å². The van der Waals surface area contributed by atoms with Crippen molar-refractivity contribution >= 4 is 5.69 Å². The van der Waals surface area contributed by atoms with Crippen molar-refractivity contribution in [2.45, 2.75) is 20.3 Å². The third-order valence-electron chi connectivity index (χ3n) is 2.87. The second-order valence-corrected chi connectivity index (χ2v) is 3.99. The van der Waals surface area contributed by atoms with E-state index in [1.807, 2.05) is 20.2 Å². The molecule has 0 spiro atoms. The molecule has 0 aliphatic rings. The molecule has 0 saturated carbocycles. The topological polar surface area (TPSA) is 37.8 Å². The highest BCUT2D eigenvalue weighted by atomic mass is 14.9. The molecule has 1 N–H and O–H groups in total. The van der Waals surface area contributed by atoms with Crippen LogP contribution < -0.4 is 5.32 Å². The van der Waals surface area contributed by atoms with Crippen LogP contribution in [-0.4, -0.2) is 17.0 Å². The minimum atomic E-state index is 0.782. The first-order chi connectivity index (χ1) is 8.24. The molecular formula is C14H17N3. The number of aryl methyl sites for hydroxylation is 2. The molecule has 2 aromatic rings. The summed E-state index contributed by atoms with van der Waals surface area (Å²) in [5, 5.41) is 3.07. The van der Waals surface area contributed by atoms with Crippen LogP contribution in [0.2, 0.25) is 0 Å². The molecule has 17 heavy (non-hydrogen) atoms. The maximum absolute atomic E-state index is 4.50. The van der Waals surface area contributed by atoms with Gasteiger partial charge in [0.15, 0.2) is 5.82 Å². The fourth-order valence-electron chi connectivity index (χ4n) is 1.74. The first-order valence-corrected chi connectivity index (χ1v) is 5.85. The van der Waals surface area contributed by atoms with Crippen LogP contribution in [0.25, 0.3) is 11.4 Å². The highest BCUT2D eigenvalue weighted by Crippen LogP contribution is 2.18. The van der Waals surface area contributed by atoms with E-state index in [4.69, 9.17) is 0 Å². The van der Waals surface area contributed by atoms with Gasteiger partial charge in [0.05, 0.1) is 17.6 Å². The lowest BCUT2D eigenvalue weighted by Gasteiger charge is -2.06. The summed E-state index contributed by atoms with van der Waals surface area (Å²) in [5.41, 5.74) is 4.33. The molecular weight excluding hydrogens is 210 g/mol. The second-order valence-electron chi connectivity index (χ2n) is 3.99. The van der Waals surface area contributed by atoms with Gasteiger partial charge in [-0.15, -0.1) is 0 Å². The number of benzene rings is 1. The van der Waals surface area contributed by atoms with E-state index in [1.165, 1.54) is 5.56 Å². The Morgan fingerprint density at radius 1 is 1.18 bits per heavy atom. The SMILES string of the molecule is CCc1ccc(-c2ncc(NC)c(C)n2)cc1. The molecule has 1 aromatic carbocycles. The molecule has 0 unspecified atom stereocenters. The fraction of sp³-hybridized carbons (Fsp3) is 0.286. The van der Waals surface area contributed by atoms with E-state index < -0.39 is 0 Å². The van der Waals surface area contributed by atoms with Crippen LogP contribution in [0.4, 0.5) is 5.69 Å². The Balaban J connectivity index is 2.35. The van der Waals surface area contributed by atoms with Crippen molar-refractivity contribution in [1.82, 2.24) is 9.97 Å². The number of rotatable bonds is 3. The molecule has 0 bridgehead atoms. The number of anilines is 1. The number of hydrogen-bond acceptors (Lipinski definition) is 3. The lowest BCUT2D eigenvalue weighted by Crippen LogP contribution is -1.98. The van der Waals surface area contributed by atoms with E-state index in [0.29, 0.717) is 0 Å². The Kier molecular flexibility index (Phi) is 3.38. The maximum atomic E-state index is 4.50. The summed E-state index contributed by atoms with van der Waals surface area (Å²) in [4.78, 5) is 8.86. The number of hydrogen-bond donors (Lipinski definition) is 1. The molecule has 3 nitrogen and oxygen atoms in total. The first kappa shape index (κ1) is 11.6. The van der Waals surface area contributed by atoms with Gasteiger partial charge >= 0.3 is 0 Å². The lowest BCUT2D eigenvalue weighted by molar-refractivity contribution is 1.10. The Bertz CT molecular complexity index is 503. The molecule has 0 radical (unpaired) electrons. The van der Waals surface area contributed by atoms with Gasteiger partial charge in [-0.25, -0.2) is 9.97 Å². The quantitative estimate of drug-likeness (QED) is 0.875. The third kappa shape index (κ3) is 2.44. The average molecular weight is 227 g/mol. The van der Waals surface area contributed by atoms with Gasteiger partial charge in [0, 0.05) is 12.6 Å². The molecule has 0 aliphatic heterocycles. The maximum Gasteiger partial charge on any atom is 0.159 e. The van der Waals surface area contributed by atoms with Gasteiger partial charge in [-0.1, -0.05) is 31.2 Å². The number of nitrogens with one attached hydrogen (secondary N) is 1. The lowest BCUT2D eigenvalue weighted by atomic mass is 10.1. The van der Waals surface area contributed by atoms with E-state index in [-0.39, 0.29) is 0 Å². The van der Waals surface area contributed by atoms with Crippen molar-refractivity contribution in [1.29, 1.82) is 0 Å². The van der Waals surface area contributed by atoms with Crippen LogP contribution in [0, 0.1) is 6.92 Å². The average Bonchev–Trinajstić information content (AvgIpc) is 2.39. The van der Waals surface area contributed by atoms with Gasteiger partial charge in [0.2, 0.25) is 0 Å². The predicted octanol–water partition coefficient (Wildman–Crippen LogP) is 3.06. The monoisotopic (exact) mass is 227 g/mol. The molecule has 0 atom stereocenters. The summed E-state index contributed by atoms with van der Waals surface area (Å²) in [6.45, 7) is 4.13. The van der Waals surface area contributed by atoms with E-state index in [9.17, 15) is 0 Å². The van der Waals surface area contributed by atoms with Gasteiger partial charge in [0.1, 0.15) is 0 Å². The van der Waals surface area contributed by atoms with Crippen LogP contribution in [0.3, 0.4) is 0 Å². The molecule has 1 heterocycles. The summed E-state index contributed by atoms with van der Waals surface area (Å²) in [5.74, 6) is 0.782. The normalized spacial score (nSPS) is 10.3. The fourth-order valence-corrected chi connectivity index (χ4v) is 1.74. The number of nitrogens with zero attached hydrogens (tertiary/aromatic N) is 2. The van der Waals surface area contributed by atoms with Crippen molar-refractivity contribution in [3.63, 3.8) is 0 Å². The Hall–Kier alpha value is -1.90. The zero-order valence-corrected chi connectivity index (χ0v) is 10.5. The molecule has 0 aliphatic carbocycles. The van der Waals surface area contributed by atoms with E-state index >= 15 is 0 Å². The Labute approximate surface area is 102 Å². The Morgan fingerprint density at radius 3 is 2.41 bits per heavy atom. The summed E-state index contributed by atoms with van der Waals surface area (Å²) < 4.78 is 0. The minimum Gasteiger partial charge on any atom is -0.385 e. The highest BCUT2D eigenvalue weighted by Gasteiger charge is 2.04. The van der Waals surface area contributed by atoms with E-state index in [0.717, 1.165) is 29.2 Å². The van der Waals surface area contributed by atoms with Gasteiger partial charge in [-0.2, -0.15) is 0 Å². The molecule has 88 valence electrons. The van der Waals surface area contributed by atoms with Crippen molar-refractivity contribution in [3.8, 4) is 11.4 Å². The Morgan fingerprint density at radius 2 is 1.88 bits per heavy atom. The highest BCUT2D eigenvalue weighted by molar-refractivity contribution is 5.58. The van der Waals surface area contributed by atoms with Crippen LogP contribution >= 0.6 is 0 Å². The van der Waals surface area contributed by atoms with Crippen LogP contribution in [0.5, 0.6) is 0 Å². The molecule has 3 heteroatoms. The molecule has 0 amide bonds. The largest absolute Gasteiger partial charge is 0.385 e. The summed E-state index contributed by atoms with van der Waals surface area (Å²) in [7, 11) is 1.88. The van der Waals surface area contributed by atoms with E-state index in [2.05, 4.69) is 46.5 Å². The summed E-state index contributed by atoms with van der Waals surface area (Å²) >= 11 is 0. The molecule has 2 rings (SSSR count). The molecule has 1 aromatic heterocycles. The van der Waals surface area contributed by atoms with Gasteiger partial charge in [-0.3, -0.25) is 0 Å². The van der Waals surface area contributed by atoms with Crippen molar-refractivity contribution in [3.05, 3.63) is 41.7 Å². The third-order valence-corrected chi connectivity index (χ3v) is 2.87.